The first-order chi connectivity index (χ1) is 12.7. The van der Waals surface area contributed by atoms with Crippen LogP contribution in [0.25, 0.3) is 0 Å². The van der Waals surface area contributed by atoms with Crippen LogP contribution in [0.3, 0.4) is 0 Å². The van der Waals surface area contributed by atoms with E-state index in [0.717, 1.165) is 31.6 Å². The predicted molar refractivity (Wildman–Crippen MR) is 100 cm³/mol. The average Bonchev–Trinajstić information content (AvgIpc) is 3.21. The van der Waals surface area contributed by atoms with Crippen LogP contribution in [0.15, 0.2) is 36.9 Å². The first-order valence-electron chi connectivity index (χ1n) is 9.45. The van der Waals surface area contributed by atoms with Gasteiger partial charge in [-0.2, -0.15) is 5.10 Å². The summed E-state index contributed by atoms with van der Waals surface area (Å²) in [6.07, 6.45) is 10.4. The molecule has 0 aliphatic heterocycles. The van der Waals surface area contributed by atoms with Crippen molar-refractivity contribution < 1.29 is 9.53 Å². The van der Waals surface area contributed by atoms with Gasteiger partial charge in [-0.3, -0.25) is 9.48 Å². The molecule has 1 aromatic heterocycles. The van der Waals surface area contributed by atoms with E-state index >= 15 is 0 Å². The number of amides is 1. The van der Waals surface area contributed by atoms with Crippen LogP contribution in [0.2, 0.25) is 0 Å². The van der Waals surface area contributed by atoms with Crippen LogP contribution in [0, 0.1) is 0 Å². The molecule has 3 rings (SSSR count). The van der Waals surface area contributed by atoms with Crippen molar-refractivity contribution in [1.29, 1.82) is 0 Å². The smallest absolute Gasteiger partial charge is 0.220 e. The normalized spacial score (nSPS) is 16.2. The lowest BCUT2D eigenvalue weighted by Crippen LogP contribution is -2.42. The summed E-state index contributed by atoms with van der Waals surface area (Å²) in [7, 11) is 1.69. The number of hydrogen-bond acceptors (Lipinski definition) is 4. The number of rotatable bonds is 8. The highest BCUT2D eigenvalue weighted by atomic mass is 16.5. The van der Waals surface area contributed by atoms with Crippen LogP contribution < -0.4 is 10.1 Å². The number of aromatic nitrogens is 3. The van der Waals surface area contributed by atoms with Gasteiger partial charge in [-0.15, -0.1) is 0 Å². The molecule has 1 amide bonds. The highest BCUT2D eigenvalue weighted by Crippen LogP contribution is 2.39. The lowest BCUT2D eigenvalue weighted by molar-refractivity contribution is -0.121. The Kier molecular flexibility index (Phi) is 6.26. The van der Waals surface area contributed by atoms with Gasteiger partial charge in [0, 0.05) is 24.9 Å². The third-order valence-corrected chi connectivity index (χ3v) is 5.39. The minimum atomic E-state index is 0.0477. The van der Waals surface area contributed by atoms with Gasteiger partial charge in [0.05, 0.1) is 7.11 Å². The summed E-state index contributed by atoms with van der Waals surface area (Å²) in [4.78, 5) is 16.2. The molecule has 140 valence electrons. The number of nitrogens with zero attached hydrogens (tertiary/aromatic N) is 3. The number of nitrogens with one attached hydrogen (secondary N) is 1. The Hall–Kier alpha value is -2.37. The quantitative estimate of drug-likeness (QED) is 0.789. The summed E-state index contributed by atoms with van der Waals surface area (Å²) in [5.41, 5.74) is 1.35. The van der Waals surface area contributed by atoms with Gasteiger partial charge in [-0.1, -0.05) is 31.4 Å². The molecule has 0 bridgehead atoms. The van der Waals surface area contributed by atoms with Gasteiger partial charge in [0.15, 0.2) is 0 Å². The monoisotopic (exact) mass is 356 g/mol. The van der Waals surface area contributed by atoms with E-state index in [1.54, 1.807) is 18.1 Å². The topological polar surface area (TPSA) is 69.0 Å². The fourth-order valence-electron chi connectivity index (χ4n) is 3.85. The molecule has 0 atom stereocenters. The maximum atomic E-state index is 12.3. The van der Waals surface area contributed by atoms with E-state index in [9.17, 15) is 4.79 Å². The van der Waals surface area contributed by atoms with Crippen molar-refractivity contribution in [3.05, 3.63) is 42.5 Å². The molecule has 0 radical (unpaired) electrons. The number of carbonyl (C=O) groups is 1. The number of aryl methyl sites for hydroxylation is 1. The highest BCUT2D eigenvalue weighted by molar-refractivity contribution is 5.76. The van der Waals surface area contributed by atoms with Gasteiger partial charge >= 0.3 is 0 Å². The van der Waals surface area contributed by atoms with E-state index in [0.29, 0.717) is 13.0 Å². The lowest BCUT2D eigenvalue weighted by atomic mass is 9.69. The summed E-state index contributed by atoms with van der Waals surface area (Å²) in [5, 5.41) is 7.25. The van der Waals surface area contributed by atoms with Gasteiger partial charge in [-0.25, -0.2) is 4.98 Å². The minimum Gasteiger partial charge on any atom is -0.497 e. The number of benzene rings is 1. The van der Waals surface area contributed by atoms with Crippen molar-refractivity contribution in [1.82, 2.24) is 20.1 Å². The second-order valence-electron chi connectivity index (χ2n) is 7.11. The van der Waals surface area contributed by atoms with Crippen LogP contribution in [0.1, 0.15) is 50.5 Å². The van der Waals surface area contributed by atoms with E-state index < -0.39 is 0 Å². The van der Waals surface area contributed by atoms with Crippen molar-refractivity contribution in [3.8, 4) is 5.75 Å². The van der Waals surface area contributed by atoms with Crippen LogP contribution in [0.4, 0.5) is 0 Å². The predicted octanol–water partition coefficient (Wildman–Crippen LogP) is 3.09. The van der Waals surface area contributed by atoms with Gasteiger partial charge < -0.3 is 10.1 Å². The Labute approximate surface area is 155 Å². The number of hydrogen-bond donors (Lipinski definition) is 1. The van der Waals surface area contributed by atoms with Crippen molar-refractivity contribution >= 4 is 5.91 Å². The first-order valence-corrected chi connectivity index (χ1v) is 9.45. The molecule has 6 nitrogen and oxygen atoms in total. The number of ether oxygens (including phenoxy) is 1. The second-order valence-corrected chi connectivity index (χ2v) is 7.11. The first kappa shape index (κ1) is 18.4. The molecule has 1 heterocycles. The molecule has 1 N–H and O–H groups in total. The maximum Gasteiger partial charge on any atom is 0.220 e. The summed E-state index contributed by atoms with van der Waals surface area (Å²) >= 11 is 0. The van der Waals surface area contributed by atoms with Crippen LogP contribution >= 0.6 is 0 Å². The lowest BCUT2D eigenvalue weighted by Gasteiger charge is -2.38. The molecule has 1 aliphatic carbocycles. The van der Waals surface area contributed by atoms with E-state index in [2.05, 4.69) is 27.5 Å². The van der Waals surface area contributed by atoms with Crippen molar-refractivity contribution in [2.75, 3.05) is 13.7 Å². The summed E-state index contributed by atoms with van der Waals surface area (Å²) in [5.74, 6) is 0.987. The molecule has 0 unspecified atom stereocenters. The maximum absolute atomic E-state index is 12.3. The van der Waals surface area contributed by atoms with Crippen molar-refractivity contribution in [3.63, 3.8) is 0 Å². The Morgan fingerprint density at radius 1 is 1.23 bits per heavy atom. The van der Waals surface area contributed by atoms with Crippen molar-refractivity contribution in [2.45, 2.75) is 56.9 Å². The standard InChI is InChI=1S/C20H28N4O2/c1-26-18-9-7-17(8-10-18)20(11-3-2-4-12-20)14-22-19(25)6-5-13-24-16-21-15-23-24/h7-10,15-16H,2-6,11-14H2,1H3,(H,22,25). The molecule has 6 heteroatoms. The summed E-state index contributed by atoms with van der Waals surface area (Å²) in [6, 6.07) is 8.35. The van der Waals surface area contributed by atoms with Crippen molar-refractivity contribution in [2.24, 2.45) is 0 Å². The molecular formula is C20H28N4O2. The Bertz CT molecular complexity index is 676. The third kappa shape index (κ3) is 4.62. The Morgan fingerprint density at radius 3 is 2.65 bits per heavy atom. The molecule has 26 heavy (non-hydrogen) atoms. The molecule has 0 spiro atoms. The molecule has 2 aromatic rings. The van der Waals surface area contributed by atoms with Gasteiger partial charge in [0.25, 0.3) is 0 Å². The zero-order valence-electron chi connectivity index (χ0n) is 15.5. The zero-order valence-corrected chi connectivity index (χ0v) is 15.5. The molecule has 1 saturated carbocycles. The third-order valence-electron chi connectivity index (χ3n) is 5.39. The summed E-state index contributed by atoms with van der Waals surface area (Å²) in [6.45, 7) is 1.43. The fourth-order valence-corrected chi connectivity index (χ4v) is 3.85. The van der Waals surface area contributed by atoms with Crippen LogP contribution in [0.5, 0.6) is 5.75 Å². The van der Waals surface area contributed by atoms with Crippen LogP contribution in [-0.2, 0) is 16.8 Å². The van der Waals surface area contributed by atoms with E-state index in [4.69, 9.17) is 4.74 Å². The molecule has 0 saturated heterocycles. The van der Waals surface area contributed by atoms with E-state index in [1.165, 1.54) is 31.2 Å². The molecule has 1 fully saturated rings. The fraction of sp³-hybridized carbons (Fsp3) is 0.550. The van der Waals surface area contributed by atoms with Crippen LogP contribution in [-0.4, -0.2) is 34.3 Å². The largest absolute Gasteiger partial charge is 0.497 e. The van der Waals surface area contributed by atoms with E-state index in [-0.39, 0.29) is 11.3 Å². The minimum absolute atomic E-state index is 0.0477. The van der Waals surface area contributed by atoms with Gasteiger partial charge in [0.1, 0.15) is 18.4 Å². The highest BCUT2D eigenvalue weighted by Gasteiger charge is 2.34. The SMILES string of the molecule is COc1ccc(C2(CNC(=O)CCCn3cncn3)CCCCC2)cc1. The molecular weight excluding hydrogens is 328 g/mol. The summed E-state index contributed by atoms with van der Waals surface area (Å²) < 4.78 is 7.04. The Balaban J connectivity index is 1.56. The molecule has 1 aliphatic rings. The Morgan fingerprint density at radius 2 is 2.00 bits per heavy atom. The molecule has 1 aromatic carbocycles. The van der Waals surface area contributed by atoms with Gasteiger partial charge in [0.2, 0.25) is 5.91 Å². The number of methoxy groups -OCH3 is 1. The second kappa shape index (κ2) is 8.83. The number of carbonyl (C=O) groups excluding carboxylic acids is 1. The van der Waals surface area contributed by atoms with E-state index in [1.807, 2.05) is 12.1 Å². The van der Waals surface area contributed by atoms with Gasteiger partial charge in [-0.05, 0) is 37.0 Å². The average molecular weight is 356 g/mol. The zero-order chi connectivity index (χ0) is 18.2.